The van der Waals surface area contributed by atoms with E-state index >= 15 is 0 Å². The van der Waals surface area contributed by atoms with Crippen molar-refractivity contribution in [3.63, 3.8) is 0 Å². The van der Waals surface area contributed by atoms with E-state index in [0.29, 0.717) is 17.1 Å². The van der Waals surface area contributed by atoms with Crippen molar-refractivity contribution in [1.82, 2.24) is 15.2 Å². The molecule has 0 aliphatic heterocycles. The number of thiophene rings is 1. The second-order valence-corrected chi connectivity index (χ2v) is 6.68. The third-order valence-electron chi connectivity index (χ3n) is 2.53. The molecule has 0 aliphatic carbocycles. The van der Waals surface area contributed by atoms with Gasteiger partial charge in [0, 0.05) is 17.5 Å². The van der Waals surface area contributed by atoms with E-state index in [1.54, 1.807) is 20.0 Å². The predicted octanol–water partition coefficient (Wildman–Crippen LogP) is 1.24. The second kappa shape index (κ2) is 5.83. The molecule has 6 nitrogen and oxygen atoms in total. The summed E-state index contributed by atoms with van der Waals surface area (Å²) in [5, 5.41) is 8.49. The van der Waals surface area contributed by atoms with Crippen LogP contribution in [0.25, 0.3) is 0 Å². The lowest BCUT2D eigenvalue weighted by Gasteiger charge is -2.07. The Balaban J connectivity index is 2.21. The summed E-state index contributed by atoms with van der Waals surface area (Å²) in [5.74, 6) is 0. The molecule has 2 heterocycles. The van der Waals surface area contributed by atoms with Crippen LogP contribution in [0, 0.1) is 6.92 Å². The minimum atomic E-state index is -3.54. The van der Waals surface area contributed by atoms with Gasteiger partial charge in [0.15, 0.2) is 0 Å². The van der Waals surface area contributed by atoms with Crippen LogP contribution in [-0.4, -0.2) is 20.6 Å². The van der Waals surface area contributed by atoms with Gasteiger partial charge in [-0.3, -0.25) is 0 Å². The topological polar surface area (TPSA) is 84.2 Å². The number of nitrogens with one attached hydrogen (secondary N) is 2. The molecule has 0 spiro atoms. The molecular formula is C11H15N3O3S2. The molecule has 2 N–H and O–H groups in total. The van der Waals surface area contributed by atoms with E-state index in [4.69, 9.17) is 0 Å². The van der Waals surface area contributed by atoms with Gasteiger partial charge in [0.1, 0.15) is 11.2 Å². The smallest absolute Gasteiger partial charge is 0.242 e. The average molecular weight is 301 g/mol. The van der Waals surface area contributed by atoms with Gasteiger partial charge < -0.3 is 9.84 Å². The van der Waals surface area contributed by atoms with Gasteiger partial charge in [0.05, 0.1) is 12.2 Å². The van der Waals surface area contributed by atoms with E-state index in [0.717, 1.165) is 10.4 Å². The van der Waals surface area contributed by atoms with Crippen LogP contribution in [0.3, 0.4) is 0 Å². The predicted molar refractivity (Wildman–Crippen MR) is 72.3 cm³/mol. The summed E-state index contributed by atoms with van der Waals surface area (Å²) in [4.78, 5) is 1.16. The Morgan fingerprint density at radius 3 is 2.84 bits per heavy atom. The fourth-order valence-electron chi connectivity index (χ4n) is 1.70. The average Bonchev–Trinajstić information content (AvgIpc) is 2.97. The number of hydrogen-bond donors (Lipinski definition) is 2. The van der Waals surface area contributed by atoms with Crippen molar-refractivity contribution in [1.29, 1.82) is 0 Å². The lowest BCUT2D eigenvalue weighted by atomic mass is 10.3. The fraction of sp³-hybridized carbons (Fsp3) is 0.364. The summed E-state index contributed by atoms with van der Waals surface area (Å²) in [5.41, 5.74) is 1.30. The number of rotatable bonds is 6. The summed E-state index contributed by atoms with van der Waals surface area (Å²) < 4.78 is 31.8. The molecular weight excluding hydrogens is 286 g/mol. The molecule has 0 fully saturated rings. The normalized spacial score (nSPS) is 11.9. The molecule has 0 saturated heterocycles. The van der Waals surface area contributed by atoms with Crippen LogP contribution < -0.4 is 10.0 Å². The maximum absolute atomic E-state index is 12.3. The Morgan fingerprint density at radius 1 is 1.42 bits per heavy atom. The first-order chi connectivity index (χ1) is 9.04. The fourth-order valence-corrected chi connectivity index (χ4v) is 4.52. The summed E-state index contributed by atoms with van der Waals surface area (Å²) in [6.45, 7) is 2.44. The molecule has 2 aromatic rings. The van der Waals surface area contributed by atoms with E-state index in [2.05, 4.69) is 19.7 Å². The zero-order valence-electron chi connectivity index (χ0n) is 10.6. The van der Waals surface area contributed by atoms with Gasteiger partial charge in [-0.15, -0.1) is 11.3 Å². The van der Waals surface area contributed by atoms with Crippen LogP contribution >= 0.6 is 11.3 Å². The summed E-state index contributed by atoms with van der Waals surface area (Å²) in [6.07, 6.45) is 1.41. The number of aryl methyl sites for hydroxylation is 1. The molecule has 0 atom stereocenters. The van der Waals surface area contributed by atoms with Crippen molar-refractivity contribution >= 4 is 21.4 Å². The Kier molecular flexibility index (Phi) is 4.35. The van der Waals surface area contributed by atoms with Gasteiger partial charge >= 0.3 is 0 Å². The van der Waals surface area contributed by atoms with Gasteiger partial charge in [0.2, 0.25) is 10.0 Å². The number of nitrogens with zero attached hydrogens (tertiary/aromatic N) is 1. The maximum atomic E-state index is 12.3. The Labute approximate surface area is 115 Å². The van der Waals surface area contributed by atoms with Crippen molar-refractivity contribution in [2.75, 3.05) is 7.05 Å². The van der Waals surface area contributed by atoms with E-state index in [1.807, 2.05) is 5.38 Å². The quantitative estimate of drug-likeness (QED) is 0.838. The Hall–Kier alpha value is -1.22. The first kappa shape index (κ1) is 14.2. The molecule has 0 bridgehead atoms. The van der Waals surface area contributed by atoms with Gasteiger partial charge in [0.25, 0.3) is 0 Å². The van der Waals surface area contributed by atoms with Crippen molar-refractivity contribution in [2.45, 2.75) is 24.9 Å². The molecule has 0 aliphatic rings. The zero-order valence-corrected chi connectivity index (χ0v) is 12.3. The highest BCUT2D eigenvalue weighted by Crippen LogP contribution is 2.26. The van der Waals surface area contributed by atoms with Crippen molar-refractivity contribution in [3.8, 4) is 0 Å². The molecule has 104 valence electrons. The molecule has 0 saturated carbocycles. The van der Waals surface area contributed by atoms with Crippen LogP contribution in [0.15, 0.2) is 27.1 Å². The third-order valence-corrected chi connectivity index (χ3v) is 5.39. The van der Waals surface area contributed by atoms with Crippen LogP contribution in [0.5, 0.6) is 0 Å². The van der Waals surface area contributed by atoms with Crippen LogP contribution in [0.4, 0.5) is 0 Å². The Bertz CT molecular complexity index is 632. The third kappa shape index (κ3) is 3.21. The van der Waals surface area contributed by atoms with Crippen LogP contribution in [0.1, 0.15) is 16.1 Å². The first-order valence-corrected chi connectivity index (χ1v) is 8.01. The largest absolute Gasteiger partial charge is 0.364 e. The maximum Gasteiger partial charge on any atom is 0.242 e. The van der Waals surface area contributed by atoms with E-state index in [1.165, 1.54) is 17.6 Å². The number of aromatic nitrogens is 1. The lowest BCUT2D eigenvalue weighted by molar-refractivity contribution is 0.411. The summed E-state index contributed by atoms with van der Waals surface area (Å²) >= 11 is 1.44. The summed E-state index contributed by atoms with van der Waals surface area (Å²) in [7, 11) is -1.75. The Morgan fingerprint density at radius 2 is 2.21 bits per heavy atom. The molecule has 2 aromatic heterocycles. The molecule has 2 rings (SSSR count). The minimum Gasteiger partial charge on any atom is -0.364 e. The molecule has 8 heteroatoms. The number of sulfonamides is 1. The molecule has 0 amide bonds. The van der Waals surface area contributed by atoms with Crippen LogP contribution in [0.2, 0.25) is 0 Å². The zero-order chi connectivity index (χ0) is 13.9. The molecule has 0 radical (unpaired) electrons. The van der Waals surface area contributed by atoms with Crippen molar-refractivity contribution in [2.24, 2.45) is 0 Å². The van der Waals surface area contributed by atoms with E-state index < -0.39 is 10.0 Å². The highest BCUT2D eigenvalue weighted by Gasteiger charge is 2.22. The highest BCUT2D eigenvalue weighted by molar-refractivity contribution is 7.89. The molecule has 19 heavy (non-hydrogen) atoms. The molecule has 0 unspecified atom stereocenters. The second-order valence-electron chi connectivity index (χ2n) is 4.02. The number of hydrogen-bond acceptors (Lipinski definition) is 6. The monoisotopic (exact) mass is 301 g/mol. The lowest BCUT2D eigenvalue weighted by Crippen LogP contribution is -2.25. The van der Waals surface area contributed by atoms with Gasteiger partial charge in [-0.2, -0.15) is 0 Å². The first-order valence-electron chi connectivity index (χ1n) is 5.65. The van der Waals surface area contributed by atoms with E-state index in [9.17, 15) is 8.42 Å². The summed E-state index contributed by atoms with van der Waals surface area (Å²) in [6, 6.07) is 1.62. The highest BCUT2D eigenvalue weighted by atomic mass is 32.2. The SMILES string of the molecule is CNCc1scc(C)c1S(=O)(=O)NCc1ccon1. The molecule has 0 aromatic carbocycles. The van der Waals surface area contributed by atoms with Gasteiger partial charge in [-0.05, 0) is 24.9 Å². The standard InChI is InChI=1S/C11H15N3O3S2/c1-8-7-18-10(6-12-2)11(8)19(15,16)13-5-9-3-4-17-14-9/h3-4,7,12-13H,5-6H2,1-2H3. The van der Waals surface area contributed by atoms with Crippen molar-refractivity contribution in [3.05, 3.63) is 33.8 Å². The van der Waals surface area contributed by atoms with Crippen molar-refractivity contribution < 1.29 is 12.9 Å². The van der Waals surface area contributed by atoms with Gasteiger partial charge in [-0.25, -0.2) is 13.1 Å². The van der Waals surface area contributed by atoms with Gasteiger partial charge in [-0.1, -0.05) is 5.16 Å². The van der Waals surface area contributed by atoms with Crippen LogP contribution in [-0.2, 0) is 23.1 Å². The van der Waals surface area contributed by atoms with E-state index in [-0.39, 0.29) is 6.54 Å². The minimum absolute atomic E-state index is 0.118.